The van der Waals surface area contributed by atoms with E-state index in [1.165, 1.54) is 20.0 Å². The van der Waals surface area contributed by atoms with Crippen LogP contribution in [0.1, 0.15) is 13.0 Å². The topological polar surface area (TPSA) is 59.8 Å². The van der Waals surface area contributed by atoms with Crippen LogP contribution >= 0.6 is 0 Å². The molecule has 1 unspecified atom stereocenters. The van der Waals surface area contributed by atoms with Crippen molar-refractivity contribution in [2.75, 3.05) is 0 Å². The molecule has 178 valence electrons. The molecule has 6 heteroatoms. The van der Waals surface area contributed by atoms with Crippen LogP contribution in [0, 0.1) is 0 Å². The van der Waals surface area contributed by atoms with Gasteiger partial charge < -0.3 is 0 Å². The summed E-state index contributed by atoms with van der Waals surface area (Å²) in [5.74, 6) is 0. The first-order valence-corrected chi connectivity index (χ1v) is 17.9. The van der Waals surface area contributed by atoms with Crippen LogP contribution in [0.5, 0.6) is 0 Å². The Morgan fingerprint density at radius 3 is 1.53 bits per heavy atom. The molecule has 0 saturated carbocycles. The second kappa shape index (κ2) is 10.4. The molecule has 0 aliphatic carbocycles. The number of hydrogen-bond acceptors (Lipinski definition) is 2. The molecule has 0 aliphatic rings. The van der Waals surface area contributed by atoms with Crippen molar-refractivity contribution in [2.45, 2.75) is 13.0 Å². The standard InChI is InChI=1S/C12H12N3O2.3C6H5.Sn/c1-3-9(2)15-12(17)14(11(16)13-15)10-7-5-4-6-8-10;3*1-2-4-6-5-3-1;/h1,3-9H,2H3,(H,13,16);3*1-5H;. The van der Waals surface area contributed by atoms with E-state index < -0.39 is 24.1 Å². The number of hydrogen-bond donors (Lipinski definition) is 1. The van der Waals surface area contributed by atoms with E-state index in [1.807, 2.05) is 43.3 Å². The third-order valence-electron chi connectivity index (χ3n) is 6.55. The molecule has 4 aromatic carbocycles. The number of H-pyrrole nitrogens is 1. The van der Waals surface area contributed by atoms with Gasteiger partial charge in [0, 0.05) is 0 Å². The predicted octanol–water partition coefficient (Wildman–Crippen LogP) is 3.15. The summed E-state index contributed by atoms with van der Waals surface area (Å²) in [6.45, 7) is 1.93. The van der Waals surface area contributed by atoms with Gasteiger partial charge in [-0.15, -0.1) is 0 Å². The molecule has 0 amide bonds. The number of aromatic nitrogens is 3. The van der Waals surface area contributed by atoms with Gasteiger partial charge >= 0.3 is 215 Å². The monoisotopic (exact) mass is 581 g/mol. The zero-order chi connectivity index (χ0) is 25.0. The van der Waals surface area contributed by atoms with E-state index in [9.17, 15) is 9.59 Å². The average Bonchev–Trinajstić information content (AvgIpc) is 3.24. The fourth-order valence-corrected chi connectivity index (χ4v) is 17.0. The molecule has 0 saturated heterocycles. The minimum atomic E-state index is -3.63. The maximum atomic E-state index is 13.2. The first-order valence-electron chi connectivity index (χ1n) is 12.0. The van der Waals surface area contributed by atoms with Crippen molar-refractivity contribution < 1.29 is 0 Å². The number of para-hydroxylation sites is 1. The molecule has 5 aromatic rings. The van der Waals surface area contributed by atoms with Gasteiger partial charge in [0.15, 0.2) is 0 Å². The zero-order valence-corrected chi connectivity index (χ0v) is 22.8. The van der Waals surface area contributed by atoms with Crippen LogP contribution < -0.4 is 22.1 Å². The van der Waals surface area contributed by atoms with E-state index in [0.717, 1.165) is 0 Å². The predicted molar refractivity (Wildman–Crippen MR) is 148 cm³/mol. The molecule has 5 nitrogen and oxygen atoms in total. The van der Waals surface area contributed by atoms with Crippen molar-refractivity contribution in [3.63, 3.8) is 0 Å². The summed E-state index contributed by atoms with van der Waals surface area (Å²) in [4.78, 5) is 26.0. The molecule has 0 fully saturated rings. The molecular formula is C30H27N3O2Sn. The van der Waals surface area contributed by atoms with Crippen LogP contribution in [-0.4, -0.2) is 32.7 Å². The Bertz CT molecular complexity index is 1480. The van der Waals surface area contributed by atoms with E-state index in [1.54, 1.807) is 12.1 Å². The van der Waals surface area contributed by atoms with Crippen LogP contribution in [0.3, 0.4) is 0 Å². The molecule has 1 heterocycles. The molecule has 1 atom stereocenters. The van der Waals surface area contributed by atoms with E-state index in [0.29, 0.717) is 5.69 Å². The van der Waals surface area contributed by atoms with Gasteiger partial charge in [-0.3, -0.25) is 0 Å². The Morgan fingerprint density at radius 1 is 0.667 bits per heavy atom. The first-order chi connectivity index (χ1) is 17.6. The van der Waals surface area contributed by atoms with E-state index in [-0.39, 0.29) is 11.7 Å². The number of nitrogens with zero attached hydrogens (tertiary/aromatic N) is 2. The fourth-order valence-electron chi connectivity index (χ4n) is 4.74. The summed E-state index contributed by atoms with van der Waals surface area (Å²) < 4.78 is 8.88. The third-order valence-corrected chi connectivity index (χ3v) is 19.2. The van der Waals surface area contributed by atoms with Crippen molar-refractivity contribution in [3.8, 4) is 5.69 Å². The average molecular weight is 580 g/mol. The Balaban J connectivity index is 1.66. The van der Waals surface area contributed by atoms with Gasteiger partial charge in [-0.1, -0.05) is 0 Å². The molecule has 36 heavy (non-hydrogen) atoms. The van der Waals surface area contributed by atoms with Gasteiger partial charge in [0.1, 0.15) is 0 Å². The summed E-state index contributed by atoms with van der Waals surface area (Å²) in [6.07, 6.45) is 2.08. The number of aromatic amines is 1. The van der Waals surface area contributed by atoms with Crippen LogP contribution in [0.25, 0.3) is 5.69 Å². The fraction of sp³-hybridized carbons (Fsp3) is 0.0667. The Labute approximate surface area is 213 Å². The maximum absolute atomic E-state index is 13.2. The van der Waals surface area contributed by atoms with Gasteiger partial charge in [-0.2, -0.15) is 0 Å². The quantitative estimate of drug-likeness (QED) is 0.301. The summed E-state index contributed by atoms with van der Waals surface area (Å²) >= 11 is -3.63. The Morgan fingerprint density at radius 2 is 1.08 bits per heavy atom. The van der Waals surface area contributed by atoms with Crippen molar-refractivity contribution in [1.29, 1.82) is 0 Å². The Hall–Kier alpha value is -3.84. The van der Waals surface area contributed by atoms with E-state index in [4.69, 9.17) is 0 Å². The normalized spacial score (nSPS) is 12.6. The third kappa shape index (κ3) is 4.42. The van der Waals surface area contributed by atoms with E-state index >= 15 is 0 Å². The van der Waals surface area contributed by atoms with Crippen molar-refractivity contribution >= 4 is 29.1 Å². The van der Waals surface area contributed by atoms with Gasteiger partial charge in [0.25, 0.3) is 0 Å². The zero-order valence-electron chi connectivity index (χ0n) is 20.0. The second-order valence-corrected chi connectivity index (χ2v) is 19.3. The van der Waals surface area contributed by atoms with Crippen LogP contribution in [-0.2, 0) is 0 Å². The number of rotatable bonds is 7. The summed E-state index contributed by atoms with van der Waals surface area (Å²) in [7, 11) is 0. The molecule has 0 bridgehead atoms. The van der Waals surface area contributed by atoms with Gasteiger partial charge in [-0.05, 0) is 0 Å². The minimum absolute atomic E-state index is 0.345. The molecule has 0 aliphatic heterocycles. The number of benzene rings is 4. The summed E-state index contributed by atoms with van der Waals surface area (Å²) in [6, 6.07) is 40.6. The van der Waals surface area contributed by atoms with Crippen LogP contribution in [0.15, 0.2) is 141 Å². The van der Waals surface area contributed by atoms with E-state index in [2.05, 4.69) is 88.1 Å². The summed E-state index contributed by atoms with van der Waals surface area (Å²) in [5.41, 5.74) is -0.288. The number of nitrogens with one attached hydrogen (secondary N) is 1. The van der Waals surface area contributed by atoms with Gasteiger partial charge in [-0.25, -0.2) is 0 Å². The molecular weight excluding hydrogens is 553 g/mol. The van der Waals surface area contributed by atoms with Crippen LogP contribution in [0.2, 0.25) is 0 Å². The van der Waals surface area contributed by atoms with Gasteiger partial charge in [0.2, 0.25) is 0 Å². The van der Waals surface area contributed by atoms with Crippen molar-refractivity contribution in [1.82, 2.24) is 14.3 Å². The molecule has 0 radical (unpaired) electrons. The van der Waals surface area contributed by atoms with Crippen molar-refractivity contribution in [2.24, 2.45) is 0 Å². The number of allylic oxidation sites excluding steroid dienone is 1. The molecule has 1 aromatic heterocycles. The molecule has 1 N–H and O–H groups in total. The Kier molecular flexibility index (Phi) is 6.91. The second-order valence-electron chi connectivity index (χ2n) is 8.75. The molecule has 0 spiro atoms. The SMILES string of the molecule is CC(/C=[CH]/[Sn]([c]1ccccc1)([c]1ccccc1)[c]1ccccc1)n1[nH]c(=O)n(-c2ccccc2)c1=O. The summed E-state index contributed by atoms with van der Waals surface area (Å²) in [5, 5.41) is 2.75. The van der Waals surface area contributed by atoms with Gasteiger partial charge in [0.05, 0.1) is 0 Å². The molecule has 5 rings (SSSR count). The first kappa shape index (κ1) is 23.9. The van der Waals surface area contributed by atoms with Crippen molar-refractivity contribution in [3.05, 3.63) is 152 Å². The van der Waals surface area contributed by atoms with Crippen LogP contribution in [0.4, 0.5) is 0 Å².